The van der Waals surface area contributed by atoms with Gasteiger partial charge in [0.2, 0.25) is 0 Å². The molecule has 2 aliphatic heterocycles. The van der Waals surface area contributed by atoms with Gasteiger partial charge in [0.25, 0.3) is 0 Å². The molecule has 1 atom stereocenters. The number of rotatable bonds is 4. The molecule has 5 rings (SSSR count). The van der Waals surface area contributed by atoms with Gasteiger partial charge in [-0.1, -0.05) is 29.5 Å². The second kappa shape index (κ2) is 9.92. The van der Waals surface area contributed by atoms with E-state index in [1.807, 2.05) is 50.6 Å². The SMILES string of the molecule is COc1cccc(NC2CCn3nnc(C)c3-c3ccc(C4=CCN(C(=O)OC(C)(C)C)CC4)cc32)c1. The number of hydrogen-bond acceptors (Lipinski definition) is 6. The van der Waals surface area contributed by atoms with Crippen molar-refractivity contribution in [3.63, 3.8) is 0 Å². The van der Waals surface area contributed by atoms with Gasteiger partial charge in [-0.05, 0) is 75.4 Å². The summed E-state index contributed by atoms with van der Waals surface area (Å²) in [7, 11) is 1.68. The van der Waals surface area contributed by atoms with Crippen LogP contribution in [0.4, 0.5) is 10.5 Å². The fourth-order valence-corrected chi connectivity index (χ4v) is 5.05. The molecule has 2 aliphatic rings. The molecule has 0 saturated carbocycles. The van der Waals surface area contributed by atoms with Crippen molar-refractivity contribution < 1.29 is 14.3 Å². The van der Waals surface area contributed by atoms with E-state index >= 15 is 0 Å². The molecule has 2 aromatic carbocycles. The number of nitrogens with one attached hydrogen (secondary N) is 1. The van der Waals surface area contributed by atoms with Gasteiger partial charge in [-0.3, -0.25) is 0 Å². The molecular formula is C29H35N5O3. The fourth-order valence-electron chi connectivity index (χ4n) is 5.05. The quantitative estimate of drug-likeness (QED) is 0.483. The average Bonchev–Trinajstić information content (AvgIpc) is 3.17. The summed E-state index contributed by atoms with van der Waals surface area (Å²) in [6.07, 6.45) is 3.54. The number of carbonyl (C=O) groups excluding carboxylic acids is 1. The summed E-state index contributed by atoms with van der Waals surface area (Å²) in [5.74, 6) is 0.822. The van der Waals surface area contributed by atoms with Crippen LogP contribution in [-0.4, -0.2) is 51.8 Å². The van der Waals surface area contributed by atoms with Crippen LogP contribution in [0.3, 0.4) is 0 Å². The molecule has 0 saturated heterocycles. The molecule has 1 aromatic heterocycles. The number of carbonyl (C=O) groups is 1. The highest BCUT2D eigenvalue weighted by Crippen LogP contribution is 2.39. The average molecular weight is 502 g/mol. The molecule has 0 spiro atoms. The first-order chi connectivity index (χ1) is 17.7. The number of ether oxygens (including phenoxy) is 2. The monoisotopic (exact) mass is 501 g/mol. The second-order valence-corrected chi connectivity index (χ2v) is 10.7. The number of fused-ring (bicyclic) bond motifs is 3. The molecule has 37 heavy (non-hydrogen) atoms. The number of aryl methyl sites for hydroxylation is 2. The maximum Gasteiger partial charge on any atom is 0.410 e. The lowest BCUT2D eigenvalue weighted by molar-refractivity contribution is 0.0270. The maximum atomic E-state index is 12.5. The first-order valence-electron chi connectivity index (χ1n) is 12.8. The van der Waals surface area contributed by atoms with Crippen molar-refractivity contribution in [2.75, 3.05) is 25.5 Å². The van der Waals surface area contributed by atoms with Gasteiger partial charge in [0, 0.05) is 37.0 Å². The van der Waals surface area contributed by atoms with Crippen molar-refractivity contribution in [3.8, 4) is 17.0 Å². The predicted octanol–water partition coefficient (Wildman–Crippen LogP) is 5.84. The van der Waals surface area contributed by atoms with Gasteiger partial charge in [0.05, 0.1) is 24.5 Å². The Labute approximate surface area is 218 Å². The molecular weight excluding hydrogens is 466 g/mol. The summed E-state index contributed by atoms with van der Waals surface area (Å²) in [5, 5.41) is 12.5. The maximum absolute atomic E-state index is 12.5. The molecule has 8 nitrogen and oxygen atoms in total. The van der Waals surface area contributed by atoms with E-state index in [2.05, 4.69) is 46.0 Å². The zero-order valence-electron chi connectivity index (χ0n) is 22.2. The second-order valence-electron chi connectivity index (χ2n) is 10.7. The summed E-state index contributed by atoms with van der Waals surface area (Å²) in [4.78, 5) is 14.3. The molecule has 8 heteroatoms. The Bertz CT molecular complexity index is 1340. The van der Waals surface area contributed by atoms with Gasteiger partial charge >= 0.3 is 6.09 Å². The van der Waals surface area contributed by atoms with Crippen molar-refractivity contribution in [2.24, 2.45) is 0 Å². The lowest BCUT2D eigenvalue weighted by atomic mass is 9.90. The van der Waals surface area contributed by atoms with Crippen LogP contribution in [-0.2, 0) is 11.3 Å². The smallest absolute Gasteiger partial charge is 0.410 e. The van der Waals surface area contributed by atoms with Gasteiger partial charge in [-0.25, -0.2) is 9.48 Å². The van der Waals surface area contributed by atoms with Crippen molar-refractivity contribution in [2.45, 2.75) is 58.7 Å². The van der Waals surface area contributed by atoms with Gasteiger partial charge < -0.3 is 19.7 Å². The molecule has 0 radical (unpaired) electrons. The summed E-state index contributed by atoms with van der Waals surface area (Å²) in [6.45, 7) is 9.65. The highest BCUT2D eigenvalue weighted by Gasteiger charge is 2.27. The number of amides is 1. The largest absolute Gasteiger partial charge is 0.497 e. The normalized spacial score (nSPS) is 17.3. The summed E-state index contributed by atoms with van der Waals surface area (Å²) < 4.78 is 13.0. The lowest BCUT2D eigenvalue weighted by Crippen LogP contribution is -2.39. The molecule has 0 bridgehead atoms. The van der Waals surface area contributed by atoms with Crippen LogP contribution in [0.2, 0.25) is 0 Å². The third-order valence-corrected chi connectivity index (χ3v) is 6.86. The number of hydrogen-bond donors (Lipinski definition) is 1. The van der Waals surface area contributed by atoms with Gasteiger partial charge in [0.15, 0.2) is 0 Å². The van der Waals surface area contributed by atoms with E-state index in [0.29, 0.717) is 13.1 Å². The Morgan fingerprint density at radius 3 is 2.70 bits per heavy atom. The van der Waals surface area contributed by atoms with Gasteiger partial charge in [0.1, 0.15) is 11.4 Å². The minimum atomic E-state index is -0.498. The zero-order chi connectivity index (χ0) is 26.2. The molecule has 1 N–H and O–H groups in total. The summed E-state index contributed by atoms with van der Waals surface area (Å²) in [6, 6.07) is 14.8. The van der Waals surface area contributed by atoms with Gasteiger partial charge in [-0.2, -0.15) is 0 Å². The third kappa shape index (κ3) is 5.33. The van der Waals surface area contributed by atoms with Crippen LogP contribution >= 0.6 is 0 Å². The predicted molar refractivity (Wildman–Crippen MR) is 145 cm³/mol. The Balaban J connectivity index is 1.46. The molecule has 0 aliphatic carbocycles. The number of benzene rings is 2. The van der Waals surface area contributed by atoms with E-state index in [-0.39, 0.29) is 12.1 Å². The van der Waals surface area contributed by atoms with Crippen LogP contribution in [0.15, 0.2) is 48.5 Å². The first kappa shape index (κ1) is 24.9. The van der Waals surface area contributed by atoms with E-state index in [0.717, 1.165) is 47.8 Å². The summed E-state index contributed by atoms with van der Waals surface area (Å²) in [5.41, 5.74) is 7.32. The van der Waals surface area contributed by atoms with E-state index < -0.39 is 5.60 Å². The molecule has 1 unspecified atom stereocenters. The van der Waals surface area contributed by atoms with E-state index in [9.17, 15) is 4.79 Å². The van der Waals surface area contributed by atoms with Crippen molar-refractivity contribution in [1.82, 2.24) is 19.9 Å². The van der Waals surface area contributed by atoms with Crippen LogP contribution in [0.5, 0.6) is 5.75 Å². The topological polar surface area (TPSA) is 81.5 Å². The van der Waals surface area contributed by atoms with Crippen LogP contribution in [0, 0.1) is 6.92 Å². The Morgan fingerprint density at radius 2 is 1.97 bits per heavy atom. The standard InChI is InChI=1S/C29H35N5O3/c1-19-27-24-10-9-21(20-11-14-33(15-12-20)28(35)37-29(2,3)4)17-25(24)26(13-16-34(27)32-31-19)30-22-7-6-8-23(18-22)36-5/h6-11,17-18,26,30H,12-16H2,1-5H3. The summed E-state index contributed by atoms with van der Waals surface area (Å²) >= 11 is 0. The van der Waals surface area contributed by atoms with E-state index in [1.165, 1.54) is 16.7 Å². The van der Waals surface area contributed by atoms with Crippen LogP contribution in [0.1, 0.15) is 56.5 Å². The van der Waals surface area contributed by atoms with Crippen LogP contribution in [0.25, 0.3) is 16.8 Å². The zero-order valence-corrected chi connectivity index (χ0v) is 22.2. The first-order valence-corrected chi connectivity index (χ1v) is 12.8. The lowest BCUT2D eigenvalue weighted by Gasteiger charge is -2.30. The van der Waals surface area contributed by atoms with Crippen LogP contribution < -0.4 is 10.1 Å². The van der Waals surface area contributed by atoms with E-state index in [4.69, 9.17) is 9.47 Å². The highest BCUT2D eigenvalue weighted by molar-refractivity contribution is 5.76. The third-order valence-electron chi connectivity index (χ3n) is 6.86. The molecule has 3 aromatic rings. The molecule has 194 valence electrons. The van der Waals surface area contributed by atoms with E-state index in [1.54, 1.807) is 12.0 Å². The number of methoxy groups -OCH3 is 1. The number of anilines is 1. The van der Waals surface area contributed by atoms with Crippen molar-refractivity contribution >= 4 is 17.4 Å². The highest BCUT2D eigenvalue weighted by atomic mass is 16.6. The Kier molecular flexibility index (Phi) is 6.67. The molecule has 3 heterocycles. The number of nitrogens with zero attached hydrogens (tertiary/aromatic N) is 4. The minimum Gasteiger partial charge on any atom is -0.497 e. The Hall–Kier alpha value is -3.81. The minimum absolute atomic E-state index is 0.0885. The van der Waals surface area contributed by atoms with Gasteiger partial charge in [-0.15, -0.1) is 5.10 Å². The Morgan fingerprint density at radius 1 is 1.14 bits per heavy atom. The number of aromatic nitrogens is 3. The molecule has 1 amide bonds. The molecule has 0 fully saturated rings. The fraction of sp³-hybridized carbons (Fsp3) is 0.414. The van der Waals surface area contributed by atoms with Crippen molar-refractivity contribution in [3.05, 3.63) is 65.4 Å². The van der Waals surface area contributed by atoms with Crippen molar-refractivity contribution in [1.29, 1.82) is 0 Å².